The molecule has 0 saturated carbocycles. The molecule has 1 aromatic rings. The molecular weight excluding hydrogens is 326 g/mol. The minimum Gasteiger partial charge on any atom is -0.452 e. The Morgan fingerprint density at radius 3 is 2.77 bits per heavy atom. The monoisotopic (exact) mass is 345 g/mol. The Hall–Kier alpha value is -1.24. The van der Waals surface area contributed by atoms with Crippen LogP contribution in [0.25, 0.3) is 0 Å². The number of amides is 1. The zero-order valence-electron chi connectivity index (χ0n) is 12.6. The molecule has 7 heteroatoms. The minimum atomic E-state index is -0.815. The SMILES string of the molecule is COCCNC(=O)[C@H](C)OC(=O)CSCc1ccccc1Cl. The number of esters is 1. The third-order valence-electron chi connectivity index (χ3n) is 2.72. The fourth-order valence-corrected chi connectivity index (χ4v) is 2.65. The molecular formula is C15H20ClNO4S. The summed E-state index contributed by atoms with van der Waals surface area (Å²) in [5.74, 6) is 0.0253. The van der Waals surface area contributed by atoms with Crippen molar-refractivity contribution in [3.8, 4) is 0 Å². The van der Waals surface area contributed by atoms with Crippen LogP contribution in [-0.4, -0.2) is 44.0 Å². The predicted molar refractivity (Wildman–Crippen MR) is 88.1 cm³/mol. The number of nitrogens with one attached hydrogen (secondary N) is 1. The molecule has 0 unspecified atom stereocenters. The number of methoxy groups -OCH3 is 1. The van der Waals surface area contributed by atoms with E-state index < -0.39 is 12.1 Å². The van der Waals surface area contributed by atoms with Crippen LogP contribution < -0.4 is 5.32 Å². The second kappa shape index (κ2) is 10.5. The van der Waals surface area contributed by atoms with E-state index in [1.807, 2.05) is 24.3 Å². The molecule has 1 amide bonds. The van der Waals surface area contributed by atoms with Crippen molar-refractivity contribution in [2.45, 2.75) is 18.8 Å². The van der Waals surface area contributed by atoms with Crippen LogP contribution in [0.2, 0.25) is 5.02 Å². The molecule has 1 N–H and O–H groups in total. The van der Waals surface area contributed by atoms with Gasteiger partial charge in [-0.25, -0.2) is 0 Å². The Bertz CT molecular complexity index is 498. The summed E-state index contributed by atoms with van der Waals surface area (Å²) in [6.45, 7) is 2.34. The Morgan fingerprint density at radius 2 is 2.09 bits per heavy atom. The lowest BCUT2D eigenvalue weighted by Crippen LogP contribution is -2.37. The first-order valence-electron chi connectivity index (χ1n) is 6.82. The Kier molecular flexibility index (Phi) is 8.96. The van der Waals surface area contributed by atoms with E-state index in [-0.39, 0.29) is 11.7 Å². The summed E-state index contributed by atoms with van der Waals surface area (Å²) in [5.41, 5.74) is 0.965. The van der Waals surface area contributed by atoms with Crippen LogP contribution in [0, 0.1) is 0 Å². The van der Waals surface area contributed by atoms with Crippen LogP contribution in [-0.2, 0) is 24.8 Å². The van der Waals surface area contributed by atoms with Crippen molar-refractivity contribution in [1.82, 2.24) is 5.32 Å². The van der Waals surface area contributed by atoms with Crippen molar-refractivity contribution in [2.75, 3.05) is 26.0 Å². The molecule has 0 aliphatic carbocycles. The fraction of sp³-hybridized carbons (Fsp3) is 0.467. The number of ether oxygens (including phenoxy) is 2. The summed E-state index contributed by atoms with van der Waals surface area (Å²) in [6, 6.07) is 7.47. The Labute approximate surface area is 139 Å². The van der Waals surface area contributed by atoms with Gasteiger partial charge >= 0.3 is 5.97 Å². The second-order valence-corrected chi connectivity index (χ2v) is 5.89. The van der Waals surface area contributed by atoms with E-state index in [1.165, 1.54) is 11.8 Å². The minimum absolute atomic E-state index is 0.168. The first-order chi connectivity index (χ1) is 10.5. The average Bonchev–Trinajstić information content (AvgIpc) is 2.49. The summed E-state index contributed by atoms with van der Waals surface area (Å²) in [7, 11) is 1.55. The standard InChI is InChI=1S/C15H20ClNO4S/c1-11(15(19)17-7-8-20-2)21-14(18)10-22-9-12-5-3-4-6-13(12)16/h3-6,11H,7-10H2,1-2H3,(H,17,19)/t11-/m0/s1. The highest BCUT2D eigenvalue weighted by Gasteiger charge is 2.17. The molecule has 0 heterocycles. The van der Waals surface area contributed by atoms with E-state index in [4.69, 9.17) is 21.1 Å². The fourth-order valence-electron chi connectivity index (χ4n) is 1.56. The molecule has 0 fully saturated rings. The summed E-state index contributed by atoms with van der Waals surface area (Å²) in [4.78, 5) is 23.3. The summed E-state index contributed by atoms with van der Waals surface area (Å²) >= 11 is 7.43. The number of thioether (sulfide) groups is 1. The van der Waals surface area contributed by atoms with Gasteiger partial charge in [-0.05, 0) is 18.6 Å². The van der Waals surface area contributed by atoms with Crippen LogP contribution in [0.3, 0.4) is 0 Å². The molecule has 1 rings (SSSR count). The van der Waals surface area contributed by atoms with Crippen molar-refractivity contribution in [1.29, 1.82) is 0 Å². The molecule has 1 atom stereocenters. The van der Waals surface area contributed by atoms with Gasteiger partial charge in [0.05, 0.1) is 12.4 Å². The lowest BCUT2D eigenvalue weighted by atomic mass is 10.2. The molecule has 0 spiro atoms. The molecule has 0 aliphatic heterocycles. The molecule has 0 saturated heterocycles. The maximum absolute atomic E-state index is 11.7. The number of benzene rings is 1. The number of carbonyl (C=O) groups is 2. The van der Waals surface area contributed by atoms with Gasteiger partial charge in [-0.15, -0.1) is 11.8 Å². The first-order valence-corrected chi connectivity index (χ1v) is 8.35. The number of carbonyl (C=O) groups excluding carboxylic acids is 2. The van der Waals surface area contributed by atoms with Crippen LogP contribution in [0.15, 0.2) is 24.3 Å². The topological polar surface area (TPSA) is 64.6 Å². The molecule has 5 nitrogen and oxygen atoms in total. The zero-order valence-corrected chi connectivity index (χ0v) is 14.2. The number of hydrogen-bond donors (Lipinski definition) is 1. The van der Waals surface area contributed by atoms with E-state index in [9.17, 15) is 9.59 Å². The van der Waals surface area contributed by atoms with Gasteiger partial charge in [-0.3, -0.25) is 9.59 Å². The highest BCUT2D eigenvalue weighted by atomic mass is 35.5. The van der Waals surface area contributed by atoms with Gasteiger partial charge in [0.15, 0.2) is 6.10 Å². The van der Waals surface area contributed by atoms with Crippen LogP contribution in [0.4, 0.5) is 0 Å². The van der Waals surface area contributed by atoms with Crippen molar-refractivity contribution in [2.24, 2.45) is 0 Å². The summed E-state index contributed by atoms with van der Waals surface area (Å²) < 4.78 is 9.89. The summed E-state index contributed by atoms with van der Waals surface area (Å²) in [5, 5.41) is 3.29. The zero-order chi connectivity index (χ0) is 16.4. The van der Waals surface area contributed by atoms with Gasteiger partial charge in [-0.2, -0.15) is 0 Å². The lowest BCUT2D eigenvalue weighted by molar-refractivity contribution is -0.152. The van der Waals surface area contributed by atoms with E-state index in [0.717, 1.165) is 5.56 Å². The number of rotatable bonds is 9. The first kappa shape index (κ1) is 18.8. The van der Waals surface area contributed by atoms with E-state index in [0.29, 0.717) is 23.9 Å². The Balaban J connectivity index is 2.25. The van der Waals surface area contributed by atoms with Gasteiger partial charge in [0.1, 0.15) is 0 Å². The molecule has 122 valence electrons. The molecule has 0 aliphatic rings. The molecule has 0 bridgehead atoms. The number of halogens is 1. The summed E-state index contributed by atoms with van der Waals surface area (Å²) in [6.07, 6.45) is -0.815. The number of hydrogen-bond acceptors (Lipinski definition) is 5. The van der Waals surface area contributed by atoms with Crippen molar-refractivity contribution in [3.63, 3.8) is 0 Å². The van der Waals surface area contributed by atoms with Crippen LogP contribution in [0.5, 0.6) is 0 Å². The quantitative estimate of drug-likeness (QED) is 0.549. The van der Waals surface area contributed by atoms with Crippen molar-refractivity contribution in [3.05, 3.63) is 34.9 Å². The van der Waals surface area contributed by atoms with E-state index in [2.05, 4.69) is 5.32 Å². The highest BCUT2D eigenvalue weighted by Crippen LogP contribution is 2.20. The smallest absolute Gasteiger partial charge is 0.316 e. The Morgan fingerprint density at radius 1 is 1.36 bits per heavy atom. The average molecular weight is 346 g/mol. The second-order valence-electron chi connectivity index (χ2n) is 4.50. The maximum atomic E-state index is 11.7. The largest absolute Gasteiger partial charge is 0.452 e. The highest BCUT2D eigenvalue weighted by molar-refractivity contribution is 7.99. The predicted octanol–water partition coefficient (Wildman–Crippen LogP) is 2.27. The molecule has 1 aromatic carbocycles. The van der Waals surface area contributed by atoms with Crippen molar-refractivity contribution >= 4 is 35.2 Å². The van der Waals surface area contributed by atoms with Gasteiger partial charge in [0.25, 0.3) is 5.91 Å². The van der Waals surface area contributed by atoms with E-state index in [1.54, 1.807) is 14.0 Å². The molecule has 22 heavy (non-hydrogen) atoms. The van der Waals surface area contributed by atoms with Gasteiger partial charge in [0, 0.05) is 24.4 Å². The molecule has 0 aromatic heterocycles. The van der Waals surface area contributed by atoms with Gasteiger partial charge in [0.2, 0.25) is 0 Å². The van der Waals surface area contributed by atoms with Gasteiger partial charge < -0.3 is 14.8 Å². The normalized spacial score (nSPS) is 11.8. The van der Waals surface area contributed by atoms with Gasteiger partial charge in [-0.1, -0.05) is 29.8 Å². The van der Waals surface area contributed by atoms with Crippen LogP contribution in [0.1, 0.15) is 12.5 Å². The third-order valence-corrected chi connectivity index (χ3v) is 4.04. The van der Waals surface area contributed by atoms with Crippen LogP contribution >= 0.6 is 23.4 Å². The van der Waals surface area contributed by atoms with Crippen molar-refractivity contribution < 1.29 is 19.1 Å². The maximum Gasteiger partial charge on any atom is 0.316 e. The van der Waals surface area contributed by atoms with E-state index >= 15 is 0 Å². The third kappa shape index (κ3) is 7.15. The molecule has 0 radical (unpaired) electrons. The lowest BCUT2D eigenvalue weighted by Gasteiger charge is -2.13.